The summed E-state index contributed by atoms with van der Waals surface area (Å²) in [4.78, 5) is 15.3. The van der Waals surface area contributed by atoms with Crippen LogP contribution in [-0.4, -0.2) is 23.9 Å². The predicted molar refractivity (Wildman–Crippen MR) is 120 cm³/mol. The second-order valence-electron chi connectivity index (χ2n) is 7.10. The van der Waals surface area contributed by atoms with Crippen molar-refractivity contribution in [2.45, 2.75) is 25.8 Å². The topological polar surface area (TPSA) is 46.3 Å². The van der Waals surface area contributed by atoms with E-state index in [2.05, 4.69) is 12.1 Å². The maximum absolute atomic E-state index is 13.4. The minimum Gasteiger partial charge on any atom is -0.334 e. The first kappa shape index (κ1) is 21.1. The molecule has 150 valence electrons. The number of nitrogens with two attached hydrogens (primary N) is 1. The predicted octanol–water partition coefficient (Wildman–Crippen LogP) is 5.12. The molecule has 0 atom stereocenters. The molecule has 3 aromatic rings. The van der Waals surface area contributed by atoms with Gasteiger partial charge in [0.15, 0.2) is 0 Å². The van der Waals surface area contributed by atoms with Crippen LogP contribution in [0, 0.1) is 0 Å². The average Bonchev–Trinajstić information content (AvgIpc) is 2.77. The van der Waals surface area contributed by atoms with E-state index in [4.69, 9.17) is 17.3 Å². The largest absolute Gasteiger partial charge is 0.334 e. The van der Waals surface area contributed by atoms with Crippen LogP contribution in [0.1, 0.15) is 33.5 Å². The molecule has 3 aromatic carbocycles. The normalized spacial score (nSPS) is 10.7. The summed E-state index contributed by atoms with van der Waals surface area (Å²) >= 11 is 6.34. The third-order valence-electron chi connectivity index (χ3n) is 5.01. The Labute approximate surface area is 178 Å². The van der Waals surface area contributed by atoms with E-state index in [1.807, 2.05) is 71.6 Å². The first-order chi connectivity index (χ1) is 14.2. The molecule has 0 radical (unpaired) electrons. The second kappa shape index (κ2) is 10.8. The van der Waals surface area contributed by atoms with E-state index in [0.717, 1.165) is 36.0 Å². The maximum atomic E-state index is 13.4. The number of carbonyl (C=O) groups excluding carboxylic acids is 1. The SMILES string of the molecule is NCCCN(Cc1ccccc1Cl)C(=O)c1ccccc1CCc1ccccc1. The Kier molecular flexibility index (Phi) is 7.85. The molecule has 0 spiro atoms. The summed E-state index contributed by atoms with van der Waals surface area (Å²) in [5.74, 6) is 0.0297. The van der Waals surface area contributed by atoms with Gasteiger partial charge in [0, 0.05) is 23.7 Å². The Bertz CT molecular complexity index is 927. The van der Waals surface area contributed by atoms with Gasteiger partial charge in [-0.3, -0.25) is 4.79 Å². The molecule has 3 nitrogen and oxygen atoms in total. The van der Waals surface area contributed by atoms with Gasteiger partial charge in [-0.1, -0.05) is 78.3 Å². The highest BCUT2D eigenvalue weighted by Crippen LogP contribution is 2.20. The lowest BCUT2D eigenvalue weighted by Gasteiger charge is -2.24. The fourth-order valence-electron chi connectivity index (χ4n) is 3.41. The van der Waals surface area contributed by atoms with Crippen LogP contribution in [-0.2, 0) is 19.4 Å². The molecule has 4 heteroatoms. The molecule has 0 saturated heterocycles. The molecule has 0 aromatic heterocycles. The number of benzene rings is 3. The van der Waals surface area contributed by atoms with Gasteiger partial charge in [0.25, 0.3) is 5.91 Å². The number of amides is 1. The highest BCUT2D eigenvalue weighted by atomic mass is 35.5. The van der Waals surface area contributed by atoms with E-state index >= 15 is 0 Å². The molecule has 0 heterocycles. The number of hydrogen-bond donors (Lipinski definition) is 1. The van der Waals surface area contributed by atoms with E-state index in [-0.39, 0.29) is 5.91 Å². The second-order valence-corrected chi connectivity index (χ2v) is 7.51. The summed E-state index contributed by atoms with van der Waals surface area (Å²) in [5.41, 5.74) is 9.76. The minimum absolute atomic E-state index is 0.0297. The monoisotopic (exact) mass is 406 g/mol. The first-order valence-corrected chi connectivity index (χ1v) is 10.4. The molecule has 0 bridgehead atoms. The molecule has 0 unspecified atom stereocenters. The fraction of sp³-hybridized carbons (Fsp3) is 0.240. The number of carbonyl (C=O) groups is 1. The summed E-state index contributed by atoms with van der Waals surface area (Å²) in [6, 6.07) is 25.9. The Morgan fingerprint density at radius 2 is 1.48 bits per heavy atom. The van der Waals surface area contributed by atoms with Crippen molar-refractivity contribution in [2.75, 3.05) is 13.1 Å². The standard InChI is InChI=1S/C25H27ClN2O/c26-24-14-7-5-12-22(24)19-28(18-8-17-27)25(29)23-13-6-4-11-21(23)16-15-20-9-2-1-3-10-20/h1-7,9-14H,8,15-19,27H2. The van der Waals surface area contributed by atoms with Gasteiger partial charge in [-0.2, -0.15) is 0 Å². The molecule has 29 heavy (non-hydrogen) atoms. The highest BCUT2D eigenvalue weighted by Gasteiger charge is 2.19. The van der Waals surface area contributed by atoms with Crippen LogP contribution < -0.4 is 5.73 Å². The van der Waals surface area contributed by atoms with Crippen LogP contribution in [0.4, 0.5) is 0 Å². The van der Waals surface area contributed by atoms with Crippen molar-refractivity contribution < 1.29 is 4.79 Å². The van der Waals surface area contributed by atoms with Crippen LogP contribution in [0.3, 0.4) is 0 Å². The zero-order valence-electron chi connectivity index (χ0n) is 16.6. The van der Waals surface area contributed by atoms with Gasteiger partial charge < -0.3 is 10.6 Å². The zero-order valence-corrected chi connectivity index (χ0v) is 17.3. The smallest absolute Gasteiger partial charge is 0.254 e. The fourth-order valence-corrected chi connectivity index (χ4v) is 3.60. The van der Waals surface area contributed by atoms with Gasteiger partial charge in [-0.25, -0.2) is 0 Å². The van der Waals surface area contributed by atoms with Crippen LogP contribution in [0.5, 0.6) is 0 Å². The van der Waals surface area contributed by atoms with Crippen molar-refractivity contribution in [3.63, 3.8) is 0 Å². The molecule has 0 saturated carbocycles. The van der Waals surface area contributed by atoms with E-state index in [0.29, 0.717) is 24.7 Å². The average molecular weight is 407 g/mol. The van der Waals surface area contributed by atoms with Gasteiger partial charge >= 0.3 is 0 Å². The third kappa shape index (κ3) is 5.93. The summed E-state index contributed by atoms with van der Waals surface area (Å²) in [5, 5.41) is 0.676. The van der Waals surface area contributed by atoms with E-state index in [1.54, 1.807) is 0 Å². The van der Waals surface area contributed by atoms with Crippen molar-refractivity contribution in [3.05, 3.63) is 106 Å². The van der Waals surface area contributed by atoms with Crippen molar-refractivity contribution in [1.29, 1.82) is 0 Å². The Morgan fingerprint density at radius 1 is 0.828 bits per heavy atom. The molecule has 1 amide bonds. The number of rotatable bonds is 9. The van der Waals surface area contributed by atoms with Crippen LogP contribution >= 0.6 is 11.6 Å². The number of hydrogen-bond acceptors (Lipinski definition) is 2. The molecule has 2 N–H and O–H groups in total. The molecule has 3 rings (SSSR count). The van der Waals surface area contributed by atoms with Gasteiger partial charge in [-0.15, -0.1) is 0 Å². The minimum atomic E-state index is 0.0297. The number of aryl methyl sites for hydroxylation is 2. The zero-order chi connectivity index (χ0) is 20.5. The first-order valence-electron chi connectivity index (χ1n) is 10.0. The lowest BCUT2D eigenvalue weighted by Crippen LogP contribution is -2.33. The van der Waals surface area contributed by atoms with Crippen molar-refractivity contribution in [3.8, 4) is 0 Å². The molecule has 0 aliphatic carbocycles. The summed E-state index contributed by atoms with van der Waals surface area (Å²) < 4.78 is 0. The van der Waals surface area contributed by atoms with E-state index in [9.17, 15) is 4.79 Å². The Morgan fingerprint density at radius 3 is 2.21 bits per heavy atom. The third-order valence-corrected chi connectivity index (χ3v) is 5.38. The number of halogens is 1. The van der Waals surface area contributed by atoms with Gasteiger partial charge in [0.1, 0.15) is 0 Å². The van der Waals surface area contributed by atoms with Gasteiger partial charge in [0.05, 0.1) is 0 Å². The summed E-state index contributed by atoms with van der Waals surface area (Å²) in [6.07, 6.45) is 2.48. The van der Waals surface area contributed by atoms with Crippen LogP contribution in [0.15, 0.2) is 78.9 Å². The van der Waals surface area contributed by atoms with E-state index in [1.165, 1.54) is 5.56 Å². The summed E-state index contributed by atoms with van der Waals surface area (Å²) in [6.45, 7) is 1.63. The lowest BCUT2D eigenvalue weighted by molar-refractivity contribution is 0.0741. The molecular formula is C25H27ClN2O. The summed E-state index contributed by atoms with van der Waals surface area (Å²) in [7, 11) is 0. The Hall–Kier alpha value is -2.62. The van der Waals surface area contributed by atoms with Crippen LogP contribution in [0.2, 0.25) is 5.02 Å². The molecule has 0 aliphatic heterocycles. The van der Waals surface area contributed by atoms with Crippen LogP contribution in [0.25, 0.3) is 0 Å². The van der Waals surface area contributed by atoms with Gasteiger partial charge in [-0.05, 0) is 54.6 Å². The molecular weight excluding hydrogens is 380 g/mol. The molecule has 0 aliphatic rings. The molecule has 0 fully saturated rings. The lowest BCUT2D eigenvalue weighted by atomic mass is 9.98. The van der Waals surface area contributed by atoms with Gasteiger partial charge in [0.2, 0.25) is 0 Å². The maximum Gasteiger partial charge on any atom is 0.254 e. The van der Waals surface area contributed by atoms with Crippen molar-refractivity contribution in [2.24, 2.45) is 5.73 Å². The highest BCUT2D eigenvalue weighted by molar-refractivity contribution is 6.31. The van der Waals surface area contributed by atoms with Crippen molar-refractivity contribution in [1.82, 2.24) is 4.90 Å². The number of nitrogens with zero attached hydrogens (tertiary/aromatic N) is 1. The quantitative estimate of drug-likeness (QED) is 0.536. The van der Waals surface area contributed by atoms with Crippen molar-refractivity contribution >= 4 is 17.5 Å². The van der Waals surface area contributed by atoms with E-state index < -0.39 is 0 Å². The Balaban J connectivity index is 1.80.